The van der Waals surface area contributed by atoms with E-state index in [1.807, 2.05) is 24.3 Å². The number of aryl methyl sites for hydroxylation is 1. The molecule has 1 atom stereocenters. The van der Waals surface area contributed by atoms with Crippen molar-refractivity contribution in [3.63, 3.8) is 0 Å². The number of nitrogens with zero attached hydrogens (tertiary/aromatic N) is 2. The standard InChI is InChI=1S/C16H17N3/c17-8-12-4-1-2-5-13(12)9-19-10-14-6-3-7-16(18)15(14)11-19/h1-2,4-5,10-11,16H,3,6-7,9,18H2. The molecule has 96 valence electrons. The third-order valence-corrected chi connectivity index (χ3v) is 3.85. The van der Waals surface area contributed by atoms with Gasteiger partial charge in [-0.3, -0.25) is 0 Å². The Hall–Kier alpha value is -2.05. The minimum atomic E-state index is 0.177. The first-order valence-electron chi connectivity index (χ1n) is 6.70. The molecule has 1 aromatic carbocycles. The van der Waals surface area contributed by atoms with Crippen molar-refractivity contribution in [2.75, 3.05) is 0 Å². The maximum atomic E-state index is 9.12. The van der Waals surface area contributed by atoms with Crippen LogP contribution in [0.25, 0.3) is 0 Å². The molecule has 0 saturated carbocycles. The molecule has 19 heavy (non-hydrogen) atoms. The molecule has 1 aromatic heterocycles. The van der Waals surface area contributed by atoms with Crippen LogP contribution in [-0.2, 0) is 13.0 Å². The Kier molecular flexibility index (Phi) is 3.10. The van der Waals surface area contributed by atoms with Gasteiger partial charge in [0.15, 0.2) is 0 Å². The molecule has 2 aromatic rings. The van der Waals surface area contributed by atoms with Crippen LogP contribution in [0.2, 0.25) is 0 Å². The molecule has 0 spiro atoms. The number of fused-ring (bicyclic) bond motifs is 1. The third kappa shape index (κ3) is 2.27. The van der Waals surface area contributed by atoms with Crippen molar-refractivity contribution in [3.05, 3.63) is 58.9 Å². The van der Waals surface area contributed by atoms with Gasteiger partial charge in [-0.1, -0.05) is 18.2 Å². The Labute approximate surface area is 113 Å². The summed E-state index contributed by atoms with van der Waals surface area (Å²) in [6.07, 6.45) is 7.70. The summed E-state index contributed by atoms with van der Waals surface area (Å²) < 4.78 is 2.16. The van der Waals surface area contributed by atoms with Crippen LogP contribution in [0.4, 0.5) is 0 Å². The first-order valence-corrected chi connectivity index (χ1v) is 6.70. The SMILES string of the molecule is N#Cc1ccccc1Cn1cc2c(c1)C(N)CCC2. The van der Waals surface area contributed by atoms with Crippen molar-refractivity contribution in [1.82, 2.24) is 4.57 Å². The van der Waals surface area contributed by atoms with Crippen LogP contribution in [0.3, 0.4) is 0 Å². The van der Waals surface area contributed by atoms with Crippen LogP contribution >= 0.6 is 0 Å². The zero-order valence-electron chi connectivity index (χ0n) is 10.8. The van der Waals surface area contributed by atoms with Crippen molar-refractivity contribution >= 4 is 0 Å². The van der Waals surface area contributed by atoms with Crippen molar-refractivity contribution < 1.29 is 0 Å². The van der Waals surface area contributed by atoms with Gasteiger partial charge in [-0.25, -0.2) is 0 Å². The third-order valence-electron chi connectivity index (χ3n) is 3.85. The average molecular weight is 251 g/mol. The summed E-state index contributed by atoms with van der Waals surface area (Å²) in [7, 11) is 0. The van der Waals surface area contributed by atoms with Crippen molar-refractivity contribution in [1.29, 1.82) is 5.26 Å². The summed E-state index contributed by atoms with van der Waals surface area (Å²) in [6.45, 7) is 0.740. The van der Waals surface area contributed by atoms with Gasteiger partial charge in [0.2, 0.25) is 0 Å². The second kappa shape index (κ2) is 4.91. The predicted octanol–water partition coefficient (Wildman–Crippen LogP) is 2.74. The van der Waals surface area contributed by atoms with Crippen LogP contribution in [0.15, 0.2) is 36.7 Å². The molecule has 2 N–H and O–H groups in total. The molecule has 1 aliphatic carbocycles. The van der Waals surface area contributed by atoms with Gasteiger partial charge in [-0.2, -0.15) is 5.26 Å². The first-order chi connectivity index (χ1) is 9.28. The van der Waals surface area contributed by atoms with E-state index in [2.05, 4.69) is 23.0 Å². The van der Waals surface area contributed by atoms with E-state index in [0.717, 1.165) is 30.5 Å². The summed E-state index contributed by atoms with van der Waals surface area (Å²) in [5, 5.41) is 9.12. The van der Waals surface area contributed by atoms with E-state index >= 15 is 0 Å². The molecule has 3 nitrogen and oxygen atoms in total. The van der Waals surface area contributed by atoms with E-state index < -0.39 is 0 Å². The number of hydrogen-bond acceptors (Lipinski definition) is 2. The molecular weight excluding hydrogens is 234 g/mol. The van der Waals surface area contributed by atoms with Crippen LogP contribution in [-0.4, -0.2) is 4.57 Å². The topological polar surface area (TPSA) is 54.7 Å². The zero-order chi connectivity index (χ0) is 13.2. The molecule has 0 saturated heterocycles. The average Bonchev–Trinajstić information content (AvgIpc) is 2.83. The lowest BCUT2D eigenvalue weighted by atomic mass is 9.92. The van der Waals surface area contributed by atoms with Gasteiger partial charge in [0.05, 0.1) is 11.6 Å². The fourth-order valence-electron chi connectivity index (χ4n) is 2.84. The maximum Gasteiger partial charge on any atom is 0.0995 e. The number of nitrogens with two attached hydrogens (primary N) is 1. The molecule has 0 aliphatic heterocycles. The second-order valence-corrected chi connectivity index (χ2v) is 5.18. The Balaban J connectivity index is 1.90. The minimum absolute atomic E-state index is 0.177. The normalized spacial score (nSPS) is 17.8. The van der Waals surface area contributed by atoms with E-state index in [1.54, 1.807) is 0 Å². The highest BCUT2D eigenvalue weighted by Gasteiger charge is 2.18. The molecule has 3 rings (SSSR count). The molecule has 0 fully saturated rings. The highest BCUT2D eigenvalue weighted by Crippen LogP contribution is 2.29. The first kappa shape index (κ1) is 12.0. The lowest BCUT2D eigenvalue weighted by molar-refractivity contribution is 0.573. The van der Waals surface area contributed by atoms with E-state index in [4.69, 9.17) is 11.0 Å². The molecule has 1 unspecified atom stereocenters. The van der Waals surface area contributed by atoms with Gasteiger partial charge in [0.25, 0.3) is 0 Å². The van der Waals surface area contributed by atoms with Crippen molar-refractivity contribution in [2.24, 2.45) is 5.73 Å². The molecular formula is C16H17N3. The summed E-state index contributed by atoms with van der Waals surface area (Å²) in [4.78, 5) is 0. The largest absolute Gasteiger partial charge is 0.349 e. The fourth-order valence-corrected chi connectivity index (χ4v) is 2.84. The van der Waals surface area contributed by atoms with Crippen molar-refractivity contribution in [3.8, 4) is 6.07 Å². The Morgan fingerprint density at radius 3 is 2.95 bits per heavy atom. The quantitative estimate of drug-likeness (QED) is 0.892. The summed E-state index contributed by atoms with van der Waals surface area (Å²) in [5.74, 6) is 0. The Morgan fingerprint density at radius 1 is 1.32 bits per heavy atom. The van der Waals surface area contributed by atoms with Crippen LogP contribution in [0.5, 0.6) is 0 Å². The molecule has 3 heteroatoms. The van der Waals surface area contributed by atoms with E-state index in [-0.39, 0.29) is 6.04 Å². The smallest absolute Gasteiger partial charge is 0.0995 e. The predicted molar refractivity (Wildman–Crippen MR) is 74.6 cm³/mol. The number of benzene rings is 1. The van der Waals surface area contributed by atoms with E-state index in [9.17, 15) is 0 Å². The molecule has 1 heterocycles. The molecule has 1 aliphatic rings. The second-order valence-electron chi connectivity index (χ2n) is 5.18. The Morgan fingerprint density at radius 2 is 2.16 bits per heavy atom. The number of rotatable bonds is 2. The highest BCUT2D eigenvalue weighted by molar-refractivity contribution is 5.38. The van der Waals surface area contributed by atoms with Gasteiger partial charge in [0, 0.05) is 25.0 Å². The van der Waals surface area contributed by atoms with Gasteiger partial charge >= 0.3 is 0 Å². The van der Waals surface area contributed by atoms with Crippen LogP contribution < -0.4 is 5.73 Å². The maximum absolute atomic E-state index is 9.12. The lowest BCUT2D eigenvalue weighted by Crippen LogP contribution is -2.15. The zero-order valence-corrected chi connectivity index (χ0v) is 10.8. The molecule has 0 radical (unpaired) electrons. The number of nitriles is 1. The fraction of sp³-hybridized carbons (Fsp3) is 0.312. The highest BCUT2D eigenvalue weighted by atomic mass is 14.9. The van der Waals surface area contributed by atoms with E-state index in [0.29, 0.717) is 0 Å². The molecule has 0 bridgehead atoms. The monoisotopic (exact) mass is 251 g/mol. The molecule has 0 amide bonds. The number of aromatic nitrogens is 1. The Bertz CT molecular complexity index is 634. The summed E-state index contributed by atoms with van der Waals surface area (Å²) in [5.41, 5.74) is 10.6. The van der Waals surface area contributed by atoms with Gasteiger partial charge in [-0.05, 0) is 42.0 Å². The van der Waals surface area contributed by atoms with Crippen molar-refractivity contribution in [2.45, 2.75) is 31.8 Å². The van der Waals surface area contributed by atoms with Gasteiger partial charge in [0.1, 0.15) is 0 Å². The van der Waals surface area contributed by atoms with E-state index in [1.165, 1.54) is 17.5 Å². The lowest BCUT2D eigenvalue weighted by Gasteiger charge is -2.17. The summed E-state index contributed by atoms with van der Waals surface area (Å²) in [6, 6.07) is 10.2. The number of hydrogen-bond donors (Lipinski definition) is 1. The van der Waals surface area contributed by atoms with Crippen LogP contribution in [0.1, 0.15) is 41.1 Å². The van der Waals surface area contributed by atoms with Gasteiger partial charge < -0.3 is 10.3 Å². The van der Waals surface area contributed by atoms with Gasteiger partial charge in [-0.15, -0.1) is 0 Å². The summed E-state index contributed by atoms with van der Waals surface area (Å²) >= 11 is 0. The minimum Gasteiger partial charge on any atom is -0.349 e. The van der Waals surface area contributed by atoms with Crippen LogP contribution in [0, 0.1) is 11.3 Å².